The summed E-state index contributed by atoms with van der Waals surface area (Å²) in [6.07, 6.45) is 0.0228. The van der Waals surface area contributed by atoms with Crippen LogP contribution in [0.4, 0.5) is 0 Å². The maximum Gasteiger partial charge on any atom is 0.295 e. The van der Waals surface area contributed by atoms with E-state index in [1.54, 1.807) is 29.2 Å². The van der Waals surface area contributed by atoms with Crippen LogP contribution in [-0.2, 0) is 14.3 Å². The Balaban J connectivity index is 1.70. The first-order valence-electron chi connectivity index (χ1n) is 12.5. The van der Waals surface area contributed by atoms with Crippen LogP contribution in [-0.4, -0.2) is 78.7 Å². The molecule has 0 radical (unpaired) electrons. The molecular weight excluding hydrogens is 460 g/mol. The highest BCUT2D eigenvalue weighted by atomic mass is 16.5. The van der Waals surface area contributed by atoms with Crippen molar-refractivity contribution in [3.05, 3.63) is 65.2 Å². The van der Waals surface area contributed by atoms with E-state index in [9.17, 15) is 14.7 Å². The van der Waals surface area contributed by atoms with E-state index in [1.165, 1.54) is 0 Å². The highest BCUT2D eigenvalue weighted by Gasteiger charge is 2.46. The first-order chi connectivity index (χ1) is 17.4. The van der Waals surface area contributed by atoms with E-state index < -0.39 is 17.7 Å². The minimum absolute atomic E-state index is 0.0228. The number of morpholine rings is 1. The van der Waals surface area contributed by atoms with Gasteiger partial charge in [-0.25, -0.2) is 0 Å². The molecule has 1 atom stereocenters. The van der Waals surface area contributed by atoms with Crippen molar-refractivity contribution < 1.29 is 28.9 Å². The van der Waals surface area contributed by atoms with E-state index in [4.69, 9.17) is 14.2 Å². The molecule has 8 nitrogen and oxygen atoms in total. The molecule has 2 aliphatic rings. The number of ether oxygens (including phenoxy) is 3. The molecule has 0 unspecified atom stereocenters. The molecule has 1 amide bonds. The number of carbonyl (C=O) groups is 2. The van der Waals surface area contributed by atoms with Crippen LogP contribution in [0, 0.1) is 0 Å². The van der Waals surface area contributed by atoms with Crippen LogP contribution in [0.5, 0.6) is 11.5 Å². The molecule has 2 fully saturated rings. The fourth-order valence-corrected chi connectivity index (χ4v) is 4.56. The van der Waals surface area contributed by atoms with Crippen LogP contribution in [0.1, 0.15) is 37.9 Å². The van der Waals surface area contributed by atoms with Gasteiger partial charge in [0.05, 0.1) is 37.5 Å². The summed E-state index contributed by atoms with van der Waals surface area (Å²) in [6.45, 7) is 10.2. The summed E-state index contributed by atoms with van der Waals surface area (Å²) < 4.78 is 16.7. The fourth-order valence-electron chi connectivity index (χ4n) is 4.56. The molecule has 4 rings (SSSR count). The summed E-state index contributed by atoms with van der Waals surface area (Å²) in [5, 5.41) is 11.3. The van der Waals surface area contributed by atoms with Crippen LogP contribution >= 0.6 is 0 Å². The number of benzene rings is 2. The SMILES string of the molecule is CCOc1ccc(C(O)=C2C(=O)C(=O)N(CCN3CCOCC3)[C@@H]2c2ccc(OC(C)C)cc2)cc1. The topological polar surface area (TPSA) is 88.5 Å². The standard InChI is InChI=1S/C28H34N2O6/c1-4-35-22-9-7-21(8-10-22)26(31)24-25(20-5-11-23(12-6-20)36-19(2)3)30(28(33)27(24)32)14-13-29-15-17-34-18-16-29/h5-12,19,25,31H,4,13-18H2,1-3H3/t25-/m1/s1. The number of aliphatic hydroxyl groups excluding tert-OH is 1. The Morgan fingerprint density at radius 2 is 1.64 bits per heavy atom. The Bertz CT molecular complexity index is 1090. The predicted molar refractivity (Wildman–Crippen MR) is 136 cm³/mol. The van der Waals surface area contributed by atoms with Gasteiger partial charge in [-0.1, -0.05) is 12.1 Å². The summed E-state index contributed by atoms with van der Waals surface area (Å²) in [6, 6.07) is 13.5. The van der Waals surface area contributed by atoms with Crippen molar-refractivity contribution in [1.82, 2.24) is 9.80 Å². The molecule has 1 N–H and O–H groups in total. The van der Waals surface area contributed by atoms with Gasteiger partial charge in [-0.3, -0.25) is 14.5 Å². The Morgan fingerprint density at radius 3 is 2.25 bits per heavy atom. The monoisotopic (exact) mass is 494 g/mol. The molecule has 192 valence electrons. The lowest BCUT2D eigenvalue weighted by Gasteiger charge is -2.31. The number of Topliss-reactive ketones (excluding diaryl/α,β-unsaturated/α-hetero) is 1. The maximum absolute atomic E-state index is 13.3. The number of rotatable bonds is 9. The molecule has 2 aliphatic heterocycles. The fraction of sp³-hybridized carbons (Fsp3) is 0.429. The van der Waals surface area contributed by atoms with Gasteiger partial charge in [-0.05, 0) is 62.7 Å². The molecular formula is C28H34N2O6. The second-order valence-corrected chi connectivity index (χ2v) is 9.14. The first kappa shape index (κ1) is 25.7. The first-order valence-corrected chi connectivity index (χ1v) is 12.5. The third-order valence-electron chi connectivity index (χ3n) is 6.31. The quantitative estimate of drug-likeness (QED) is 0.324. The van der Waals surface area contributed by atoms with Gasteiger partial charge in [0.1, 0.15) is 17.3 Å². The number of ketones is 1. The number of aliphatic hydroxyl groups is 1. The van der Waals surface area contributed by atoms with Crippen molar-refractivity contribution in [2.24, 2.45) is 0 Å². The molecule has 2 heterocycles. The van der Waals surface area contributed by atoms with E-state index in [0.717, 1.165) is 18.7 Å². The second-order valence-electron chi connectivity index (χ2n) is 9.14. The number of hydrogen-bond donors (Lipinski definition) is 1. The lowest BCUT2D eigenvalue weighted by atomic mass is 9.95. The summed E-state index contributed by atoms with van der Waals surface area (Å²) in [5.41, 5.74) is 1.28. The van der Waals surface area contributed by atoms with Crippen LogP contribution < -0.4 is 9.47 Å². The molecule has 0 bridgehead atoms. The number of amides is 1. The van der Waals surface area contributed by atoms with Crippen molar-refractivity contribution in [1.29, 1.82) is 0 Å². The van der Waals surface area contributed by atoms with Crippen molar-refractivity contribution in [2.45, 2.75) is 32.9 Å². The Kier molecular flexibility index (Phi) is 8.28. The van der Waals surface area contributed by atoms with Crippen LogP contribution in [0.3, 0.4) is 0 Å². The minimum Gasteiger partial charge on any atom is -0.507 e. The van der Waals surface area contributed by atoms with Crippen LogP contribution in [0.2, 0.25) is 0 Å². The van der Waals surface area contributed by atoms with E-state index in [2.05, 4.69) is 4.90 Å². The smallest absolute Gasteiger partial charge is 0.295 e. The Labute approximate surface area is 212 Å². The number of likely N-dealkylation sites (tertiary alicyclic amines) is 1. The highest BCUT2D eigenvalue weighted by Crippen LogP contribution is 2.40. The predicted octanol–water partition coefficient (Wildman–Crippen LogP) is 3.63. The van der Waals surface area contributed by atoms with Gasteiger partial charge in [-0.15, -0.1) is 0 Å². The summed E-state index contributed by atoms with van der Waals surface area (Å²) in [5.74, 6) is -0.125. The molecule has 0 saturated carbocycles. The molecule has 0 spiro atoms. The van der Waals surface area contributed by atoms with Crippen LogP contribution in [0.15, 0.2) is 54.1 Å². The lowest BCUT2D eigenvalue weighted by molar-refractivity contribution is -0.140. The molecule has 2 aromatic rings. The molecule has 36 heavy (non-hydrogen) atoms. The number of carbonyl (C=O) groups excluding carboxylic acids is 2. The Hall–Kier alpha value is -3.36. The van der Waals surface area contributed by atoms with E-state index in [1.807, 2.05) is 45.0 Å². The molecule has 2 saturated heterocycles. The van der Waals surface area contributed by atoms with E-state index in [0.29, 0.717) is 50.0 Å². The van der Waals surface area contributed by atoms with E-state index >= 15 is 0 Å². The van der Waals surface area contributed by atoms with Gasteiger partial charge in [-0.2, -0.15) is 0 Å². The van der Waals surface area contributed by atoms with Crippen molar-refractivity contribution in [2.75, 3.05) is 46.0 Å². The highest BCUT2D eigenvalue weighted by molar-refractivity contribution is 6.46. The zero-order chi connectivity index (χ0) is 25.7. The third-order valence-corrected chi connectivity index (χ3v) is 6.31. The van der Waals surface area contributed by atoms with Crippen molar-refractivity contribution in [3.8, 4) is 11.5 Å². The molecule has 0 aliphatic carbocycles. The summed E-state index contributed by atoms with van der Waals surface area (Å²) in [7, 11) is 0. The zero-order valence-corrected chi connectivity index (χ0v) is 21.1. The Morgan fingerprint density at radius 1 is 1.00 bits per heavy atom. The van der Waals surface area contributed by atoms with Gasteiger partial charge >= 0.3 is 0 Å². The average Bonchev–Trinajstić information content (AvgIpc) is 3.13. The largest absolute Gasteiger partial charge is 0.507 e. The van der Waals surface area contributed by atoms with Crippen LogP contribution in [0.25, 0.3) is 5.76 Å². The van der Waals surface area contributed by atoms with Gasteiger partial charge in [0.25, 0.3) is 11.7 Å². The van der Waals surface area contributed by atoms with Gasteiger partial charge in [0, 0.05) is 31.7 Å². The maximum atomic E-state index is 13.3. The van der Waals surface area contributed by atoms with Gasteiger partial charge < -0.3 is 24.2 Å². The molecule has 2 aromatic carbocycles. The second kappa shape index (κ2) is 11.6. The zero-order valence-electron chi connectivity index (χ0n) is 21.1. The van der Waals surface area contributed by atoms with Gasteiger partial charge in [0.15, 0.2) is 0 Å². The molecule has 0 aromatic heterocycles. The van der Waals surface area contributed by atoms with E-state index in [-0.39, 0.29) is 17.4 Å². The number of hydrogen-bond acceptors (Lipinski definition) is 7. The van der Waals surface area contributed by atoms with Crippen molar-refractivity contribution >= 4 is 17.4 Å². The van der Waals surface area contributed by atoms with Crippen molar-refractivity contribution in [3.63, 3.8) is 0 Å². The number of nitrogens with zero attached hydrogens (tertiary/aromatic N) is 2. The minimum atomic E-state index is -0.703. The van der Waals surface area contributed by atoms with Gasteiger partial charge in [0.2, 0.25) is 0 Å². The summed E-state index contributed by atoms with van der Waals surface area (Å²) in [4.78, 5) is 30.2. The molecule has 8 heteroatoms. The lowest BCUT2D eigenvalue weighted by Crippen LogP contribution is -2.42. The normalized spacial score (nSPS) is 20.2. The average molecular weight is 495 g/mol. The summed E-state index contributed by atoms with van der Waals surface area (Å²) >= 11 is 0. The third kappa shape index (κ3) is 5.71.